The van der Waals surface area contributed by atoms with Crippen LogP contribution in [0.4, 0.5) is 5.69 Å². The van der Waals surface area contributed by atoms with Crippen molar-refractivity contribution in [3.8, 4) is 0 Å². The number of aliphatic carboxylic acids is 1. The molecule has 0 fully saturated rings. The Balaban J connectivity index is 2.64. The van der Waals surface area contributed by atoms with E-state index in [1.54, 1.807) is 6.07 Å². The number of halogens is 1. The first-order chi connectivity index (χ1) is 7.02. The highest BCUT2D eigenvalue weighted by molar-refractivity contribution is 6.32. The molecule has 1 aromatic carbocycles. The maximum Gasteiger partial charge on any atom is 0.312 e. The fourth-order valence-electron chi connectivity index (χ4n) is 2.19. The van der Waals surface area contributed by atoms with Gasteiger partial charge in [-0.3, -0.25) is 4.79 Å². The van der Waals surface area contributed by atoms with Crippen molar-refractivity contribution in [3.63, 3.8) is 0 Å². The minimum Gasteiger partial charge on any atom is -0.481 e. The number of nitrogens with zero attached hydrogens (tertiary/aromatic N) is 1. The normalized spacial score (nSPS) is 19.1. The van der Waals surface area contributed by atoms with Gasteiger partial charge in [0.05, 0.1) is 0 Å². The van der Waals surface area contributed by atoms with Gasteiger partial charge < -0.3 is 10.0 Å². The minimum absolute atomic E-state index is 0.495. The monoisotopic (exact) mass is 225 g/mol. The summed E-state index contributed by atoms with van der Waals surface area (Å²) in [5, 5.41) is 9.66. The van der Waals surface area contributed by atoms with E-state index < -0.39 is 11.9 Å². The summed E-state index contributed by atoms with van der Waals surface area (Å²) in [5.74, 6) is -1.31. The molecule has 1 aliphatic rings. The smallest absolute Gasteiger partial charge is 0.312 e. The first-order valence-corrected chi connectivity index (χ1v) is 5.13. The van der Waals surface area contributed by atoms with E-state index in [0.29, 0.717) is 11.6 Å². The van der Waals surface area contributed by atoms with Gasteiger partial charge in [0.15, 0.2) is 0 Å². The molecule has 2 rings (SSSR count). The summed E-state index contributed by atoms with van der Waals surface area (Å²) in [5.41, 5.74) is 2.79. The lowest BCUT2D eigenvalue weighted by molar-refractivity contribution is -0.138. The number of rotatable bonds is 1. The van der Waals surface area contributed by atoms with E-state index in [4.69, 9.17) is 16.7 Å². The van der Waals surface area contributed by atoms with Crippen LogP contribution in [0.1, 0.15) is 17.0 Å². The van der Waals surface area contributed by atoms with Crippen LogP contribution in [0.3, 0.4) is 0 Å². The summed E-state index contributed by atoms with van der Waals surface area (Å²) in [6, 6.07) is 3.69. The zero-order valence-corrected chi connectivity index (χ0v) is 9.38. The molecule has 1 atom stereocenters. The van der Waals surface area contributed by atoms with Gasteiger partial charge in [-0.2, -0.15) is 0 Å². The Labute approximate surface area is 93.3 Å². The highest BCUT2D eigenvalue weighted by Gasteiger charge is 2.34. The van der Waals surface area contributed by atoms with Gasteiger partial charge in [-0.15, -0.1) is 0 Å². The van der Waals surface area contributed by atoms with Crippen LogP contribution in [0.25, 0.3) is 0 Å². The van der Waals surface area contributed by atoms with Crippen LogP contribution < -0.4 is 4.90 Å². The summed E-state index contributed by atoms with van der Waals surface area (Å²) >= 11 is 6.06. The highest BCUT2D eigenvalue weighted by Crippen LogP contribution is 2.42. The van der Waals surface area contributed by atoms with Gasteiger partial charge in [-0.25, -0.2) is 0 Å². The molecule has 0 radical (unpaired) electrons. The molecule has 1 aromatic rings. The fraction of sp³-hybridized carbons (Fsp3) is 0.364. The third kappa shape index (κ3) is 1.47. The van der Waals surface area contributed by atoms with Crippen molar-refractivity contribution in [2.75, 3.05) is 18.5 Å². The van der Waals surface area contributed by atoms with Crippen molar-refractivity contribution in [2.24, 2.45) is 0 Å². The van der Waals surface area contributed by atoms with Crippen molar-refractivity contribution >= 4 is 23.3 Å². The number of carboxylic acids is 1. The second kappa shape index (κ2) is 3.42. The maximum atomic E-state index is 11.1. The molecule has 0 saturated heterocycles. The van der Waals surface area contributed by atoms with E-state index >= 15 is 0 Å². The molecule has 15 heavy (non-hydrogen) atoms. The van der Waals surface area contributed by atoms with Gasteiger partial charge in [0, 0.05) is 29.9 Å². The van der Waals surface area contributed by atoms with Gasteiger partial charge in [-0.05, 0) is 18.6 Å². The molecule has 3 nitrogen and oxygen atoms in total. The Kier molecular flexibility index (Phi) is 2.35. The molecular weight excluding hydrogens is 214 g/mol. The maximum absolute atomic E-state index is 11.1. The van der Waals surface area contributed by atoms with E-state index in [2.05, 4.69) is 0 Å². The molecule has 0 saturated carbocycles. The zero-order valence-electron chi connectivity index (χ0n) is 8.62. The van der Waals surface area contributed by atoms with Gasteiger partial charge in [0.2, 0.25) is 0 Å². The molecule has 0 aliphatic carbocycles. The molecule has 1 N–H and O–H groups in total. The van der Waals surface area contributed by atoms with E-state index in [1.807, 2.05) is 24.9 Å². The van der Waals surface area contributed by atoms with Gasteiger partial charge >= 0.3 is 5.97 Å². The molecule has 1 heterocycles. The Bertz CT molecular complexity index is 431. The molecule has 1 unspecified atom stereocenters. The second-order valence-corrected chi connectivity index (χ2v) is 4.31. The van der Waals surface area contributed by atoms with E-state index in [1.165, 1.54) is 0 Å². The van der Waals surface area contributed by atoms with Crippen LogP contribution in [0.2, 0.25) is 5.02 Å². The van der Waals surface area contributed by atoms with Crippen LogP contribution in [0.15, 0.2) is 12.1 Å². The largest absolute Gasteiger partial charge is 0.481 e. The highest BCUT2D eigenvalue weighted by atomic mass is 35.5. The van der Waals surface area contributed by atoms with Crippen LogP contribution in [-0.2, 0) is 4.79 Å². The molecule has 0 amide bonds. The summed E-state index contributed by atoms with van der Waals surface area (Å²) in [6.45, 7) is 2.46. The summed E-state index contributed by atoms with van der Waals surface area (Å²) < 4.78 is 0. The van der Waals surface area contributed by atoms with Crippen molar-refractivity contribution < 1.29 is 9.90 Å². The summed E-state index contributed by atoms with van der Waals surface area (Å²) in [6.07, 6.45) is 0. The van der Waals surface area contributed by atoms with Crippen LogP contribution in [0.5, 0.6) is 0 Å². The van der Waals surface area contributed by atoms with Crippen LogP contribution in [0, 0.1) is 6.92 Å². The van der Waals surface area contributed by atoms with Crippen molar-refractivity contribution in [1.82, 2.24) is 0 Å². The number of carboxylic acid groups (broad SMARTS) is 1. The lowest BCUT2D eigenvalue weighted by atomic mass is 9.99. The van der Waals surface area contributed by atoms with Gasteiger partial charge in [0.25, 0.3) is 0 Å². The predicted molar refractivity (Wildman–Crippen MR) is 59.8 cm³/mol. The Hall–Kier alpha value is -1.22. The SMILES string of the molecule is Cc1ccc(Cl)c2c1N(C)CC2C(=O)O. The van der Waals surface area contributed by atoms with Gasteiger partial charge in [0.1, 0.15) is 5.92 Å². The number of aryl methyl sites for hydroxylation is 1. The fourth-order valence-corrected chi connectivity index (χ4v) is 2.47. The number of anilines is 1. The van der Waals surface area contributed by atoms with Crippen molar-refractivity contribution in [2.45, 2.75) is 12.8 Å². The van der Waals surface area contributed by atoms with Crippen LogP contribution in [-0.4, -0.2) is 24.7 Å². The Morgan fingerprint density at radius 1 is 1.60 bits per heavy atom. The summed E-state index contributed by atoms with van der Waals surface area (Å²) in [4.78, 5) is 13.0. The quantitative estimate of drug-likeness (QED) is 0.797. The van der Waals surface area contributed by atoms with E-state index in [0.717, 1.165) is 16.8 Å². The molecule has 0 bridgehead atoms. The number of hydrogen-bond acceptors (Lipinski definition) is 2. The molecule has 80 valence electrons. The first-order valence-electron chi connectivity index (χ1n) is 4.75. The third-order valence-corrected chi connectivity index (χ3v) is 3.18. The van der Waals surface area contributed by atoms with Crippen molar-refractivity contribution in [1.29, 1.82) is 0 Å². The predicted octanol–water partition coefficient (Wildman–Crippen LogP) is 2.27. The number of benzene rings is 1. The Morgan fingerprint density at radius 2 is 2.27 bits per heavy atom. The topological polar surface area (TPSA) is 40.5 Å². The van der Waals surface area contributed by atoms with Gasteiger partial charge in [-0.1, -0.05) is 17.7 Å². The lowest BCUT2D eigenvalue weighted by Crippen LogP contribution is -2.20. The number of fused-ring (bicyclic) bond motifs is 1. The molecule has 1 aliphatic heterocycles. The van der Waals surface area contributed by atoms with Crippen molar-refractivity contribution in [3.05, 3.63) is 28.3 Å². The number of hydrogen-bond donors (Lipinski definition) is 1. The standard InChI is InChI=1S/C11H12ClNO2/c1-6-3-4-8(12)9-7(11(14)15)5-13(2)10(6)9/h3-4,7H,5H2,1-2H3,(H,14,15). The van der Waals surface area contributed by atoms with E-state index in [9.17, 15) is 4.79 Å². The molecule has 4 heteroatoms. The zero-order chi connectivity index (χ0) is 11.2. The average Bonchev–Trinajstić information content (AvgIpc) is 2.51. The first kappa shape index (κ1) is 10.3. The molecule has 0 aromatic heterocycles. The summed E-state index contributed by atoms with van der Waals surface area (Å²) in [7, 11) is 1.89. The molecular formula is C11H12ClNO2. The number of carbonyl (C=O) groups is 1. The lowest BCUT2D eigenvalue weighted by Gasteiger charge is -2.14. The number of likely N-dealkylation sites (N-methyl/N-ethyl adjacent to an activating group) is 1. The van der Waals surface area contributed by atoms with E-state index in [-0.39, 0.29) is 0 Å². The Morgan fingerprint density at radius 3 is 2.87 bits per heavy atom. The average molecular weight is 226 g/mol. The van der Waals surface area contributed by atoms with Crippen LogP contribution >= 0.6 is 11.6 Å². The second-order valence-electron chi connectivity index (χ2n) is 3.90. The minimum atomic E-state index is -0.812. The third-order valence-electron chi connectivity index (χ3n) is 2.85. The molecule has 0 spiro atoms.